The Hall–Kier alpha value is -0.820. The van der Waals surface area contributed by atoms with Crippen LogP contribution in [0.3, 0.4) is 0 Å². The standard InChI is InChI=1S/C9H10N2O3S.BrH/c1-5-3-10-9-11(8(5)14)6(4-15-9)2-7(12)13;/h3,6H,2,4H2,1H3,(H,12,13);1H. The van der Waals surface area contributed by atoms with Gasteiger partial charge in [-0.1, -0.05) is 11.8 Å². The summed E-state index contributed by atoms with van der Waals surface area (Å²) in [5, 5.41) is 9.34. The molecule has 0 saturated heterocycles. The third kappa shape index (κ3) is 2.30. The Bertz CT molecular complexity index is 474. The summed E-state index contributed by atoms with van der Waals surface area (Å²) in [7, 11) is 0. The molecule has 0 saturated carbocycles. The van der Waals surface area contributed by atoms with Gasteiger partial charge in [0.05, 0.1) is 12.5 Å². The van der Waals surface area contributed by atoms with Gasteiger partial charge in [-0.05, 0) is 6.92 Å². The van der Waals surface area contributed by atoms with Crippen LogP contribution in [-0.2, 0) is 4.79 Å². The minimum absolute atomic E-state index is 0. The van der Waals surface area contributed by atoms with Crippen molar-refractivity contribution >= 4 is 34.7 Å². The van der Waals surface area contributed by atoms with E-state index in [0.29, 0.717) is 16.5 Å². The molecule has 1 N–H and O–H groups in total. The van der Waals surface area contributed by atoms with Crippen LogP contribution in [0.1, 0.15) is 18.0 Å². The highest BCUT2D eigenvalue weighted by Crippen LogP contribution is 2.31. The molecule has 1 aromatic heterocycles. The number of carboxylic acid groups (broad SMARTS) is 1. The van der Waals surface area contributed by atoms with Gasteiger partial charge in [0.15, 0.2) is 5.16 Å². The molecule has 2 heterocycles. The van der Waals surface area contributed by atoms with Crippen molar-refractivity contribution in [3.05, 3.63) is 22.1 Å². The lowest BCUT2D eigenvalue weighted by Gasteiger charge is -2.10. The first-order valence-corrected chi connectivity index (χ1v) is 5.51. The van der Waals surface area contributed by atoms with Gasteiger partial charge in [0.25, 0.3) is 5.56 Å². The molecular formula is C9H11BrN2O3S. The average molecular weight is 307 g/mol. The number of carbonyl (C=O) groups is 1. The van der Waals surface area contributed by atoms with Gasteiger partial charge in [-0.3, -0.25) is 14.2 Å². The van der Waals surface area contributed by atoms with Gasteiger partial charge in [0, 0.05) is 17.5 Å². The molecule has 2 rings (SSSR count). The highest BCUT2D eigenvalue weighted by molar-refractivity contribution is 8.93. The number of thioether (sulfide) groups is 1. The van der Waals surface area contributed by atoms with E-state index in [1.165, 1.54) is 22.5 Å². The Labute approximate surface area is 107 Å². The Morgan fingerprint density at radius 3 is 3.06 bits per heavy atom. The first-order valence-electron chi connectivity index (χ1n) is 4.52. The number of nitrogens with zero attached hydrogens (tertiary/aromatic N) is 2. The van der Waals surface area contributed by atoms with Gasteiger partial charge in [-0.15, -0.1) is 17.0 Å². The summed E-state index contributed by atoms with van der Waals surface area (Å²) in [5.41, 5.74) is 0.424. The molecule has 88 valence electrons. The minimum Gasteiger partial charge on any atom is -0.481 e. The van der Waals surface area contributed by atoms with E-state index in [1.54, 1.807) is 6.92 Å². The maximum Gasteiger partial charge on any atom is 0.305 e. The van der Waals surface area contributed by atoms with Gasteiger partial charge in [0.2, 0.25) is 0 Å². The van der Waals surface area contributed by atoms with E-state index < -0.39 is 5.97 Å². The normalized spacial score (nSPS) is 17.7. The second kappa shape index (κ2) is 5.01. The monoisotopic (exact) mass is 306 g/mol. The zero-order valence-corrected chi connectivity index (χ0v) is 11.1. The van der Waals surface area contributed by atoms with E-state index >= 15 is 0 Å². The van der Waals surface area contributed by atoms with E-state index in [2.05, 4.69) is 4.98 Å². The van der Waals surface area contributed by atoms with E-state index in [-0.39, 0.29) is 35.0 Å². The quantitative estimate of drug-likeness (QED) is 0.833. The lowest BCUT2D eigenvalue weighted by Crippen LogP contribution is -2.27. The number of rotatable bonds is 2. The van der Waals surface area contributed by atoms with Crippen LogP contribution in [-0.4, -0.2) is 26.4 Å². The molecule has 0 amide bonds. The van der Waals surface area contributed by atoms with Crippen LogP contribution < -0.4 is 5.56 Å². The molecule has 0 spiro atoms. The van der Waals surface area contributed by atoms with Gasteiger partial charge < -0.3 is 5.11 Å². The van der Waals surface area contributed by atoms with Gasteiger partial charge in [-0.25, -0.2) is 4.98 Å². The van der Waals surface area contributed by atoms with Crippen molar-refractivity contribution in [3.63, 3.8) is 0 Å². The average Bonchev–Trinajstić information content (AvgIpc) is 2.55. The molecule has 0 aliphatic carbocycles. The maximum atomic E-state index is 11.8. The van der Waals surface area contributed by atoms with Crippen LogP contribution in [0.15, 0.2) is 16.1 Å². The Morgan fingerprint density at radius 1 is 1.75 bits per heavy atom. The lowest BCUT2D eigenvalue weighted by molar-refractivity contribution is -0.137. The van der Waals surface area contributed by atoms with Crippen molar-refractivity contribution in [1.29, 1.82) is 0 Å². The van der Waals surface area contributed by atoms with Crippen LogP contribution in [0.25, 0.3) is 0 Å². The van der Waals surface area contributed by atoms with Crippen molar-refractivity contribution in [2.24, 2.45) is 0 Å². The zero-order valence-electron chi connectivity index (χ0n) is 8.54. The molecule has 1 aliphatic rings. The lowest BCUT2D eigenvalue weighted by atomic mass is 10.2. The number of halogens is 1. The van der Waals surface area contributed by atoms with E-state index in [0.717, 1.165) is 0 Å². The molecule has 1 aromatic rings. The van der Waals surface area contributed by atoms with Crippen molar-refractivity contribution in [3.8, 4) is 0 Å². The highest BCUT2D eigenvalue weighted by atomic mass is 79.9. The fraction of sp³-hybridized carbons (Fsp3) is 0.444. The summed E-state index contributed by atoms with van der Waals surface area (Å²) in [6.07, 6.45) is 1.51. The summed E-state index contributed by atoms with van der Waals surface area (Å²) in [6.45, 7) is 1.68. The first-order chi connectivity index (χ1) is 7.09. The molecule has 0 aromatic carbocycles. The summed E-state index contributed by atoms with van der Waals surface area (Å²) in [5.74, 6) is -0.278. The van der Waals surface area contributed by atoms with Crippen LogP contribution in [0, 0.1) is 6.92 Å². The Morgan fingerprint density at radius 2 is 2.44 bits per heavy atom. The van der Waals surface area contributed by atoms with Crippen molar-refractivity contribution < 1.29 is 9.90 Å². The number of hydrogen-bond acceptors (Lipinski definition) is 4. The Balaban J connectivity index is 0.00000128. The first kappa shape index (κ1) is 13.2. The molecule has 0 radical (unpaired) electrons. The number of fused-ring (bicyclic) bond motifs is 1. The number of aliphatic carboxylic acids is 1. The van der Waals surface area contributed by atoms with Crippen molar-refractivity contribution in [1.82, 2.24) is 9.55 Å². The minimum atomic E-state index is -0.887. The third-order valence-corrected chi connectivity index (χ3v) is 3.42. The fourth-order valence-electron chi connectivity index (χ4n) is 1.57. The van der Waals surface area contributed by atoms with E-state index in [4.69, 9.17) is 5.11 Å². The highest BCUT2D eigenvalue weighted by Gasteiger charge is 2.27. The van der Waals surface area contributed by atoms with Crippen LogP contribution in [0.2, 0.25) is 0 Å². The fourth-order valence-corrected chi connectivity index (χ4v) is 2.68. The second-order valence-electron chi connectivity index (χ2n) is 3.46. The number of aromatic nitrogens is 2. The van der Waals surface area contributed by atoms with Gasteiger partial charge in [-0.2, -0.15) is 0 Å². The topological polar surface area (TPSA) is 72.2 Å². The summed E-state index contributed by atoms with van der Waals surface area (Å²) in [4.78, 5) is 26.5. The van der Waals surface area contributed by atoms with E-state index in [1.807, 2.05) is 0 Å². The van der Waals surface area contributed by atoms with Crippen LogP contribution >= 0.6 is 28.7 Å². The zero-order chi connectivity index (χ0) is 11.0. The van der Waals surface area contributed by atoms with Crippen LogP contribution in [0.5, 0.6) is 0 Å². The summed E-state index contributed by atoms with van der Waals surface area (Å²) in [6, 6.07) is -0.262. The molecule has 5 nitrogen and oxygen atoms in total. The maximum absolute atomic E-state index is 11.8. The van der Waals surface area contributed by atoms with Crippen molar-refractivity contribution in [2.45, 2.75) is 24.5 Å². The molecular weight excluding hydrogens is 296 g/mol. The second-order valence-corrected chi connectivity index (χ2v) is 4.45. The largest absolute Gasteiger partial charge is 0.481 e. The van der Waals surface area contributed by atoms with Gasteiger partial charge in [0.1, 0.15) is 0 Å². The molecule has 1 aliphatic heterocycles. The summed E-state index contributed by atoms with van der Waals surface area (Å²) < 4.78 is 1.49. The number of carboxylic acids is 1. The molecule has 7 heteroatoms. The molecule has 1 atom stereocenters. The predicted octanol–water partition coefficient (Wildman–Crippen LogP) is 1.25. The molecule has 1 unspecified atom stereocenters. The predicted molar refractivity (Wildman–Crippen MR) is 65.6 cm³/mol. The third-order valence-electron chi connectivity index (χ3n) is 2.31. The smallest absolute Gasteiger partial charge is 0.305 e. The SMILES string of the molecule is Br.Cc1cnc2n(c1=O)C(CC(=O)O)CS2. The Kier molecular flexibility index (Phi) is 4.15. The molecule has 16 heavy (non-hydrogen) atoms. The molecule has 0 bridgehead atoms. The number of hydrogen-bond donors (Lipinski definition) is 1. The molecule has 0 fully saturated rings. The number of aryl methyl sites for hydroxylation is 1. The summed E-state index contributed by atoms with van der Waals surface area (Å²) >= 11 is 1.43. The van der Waals surface area contributed by atoms with Crippen molar-refractivity contribution in [2.75, 3.05) is 5.75 Å². The van der Waals surface area contributed by atoms with E-state index in [9.17, 15) is 9.59 Å². The van der Waals surface area contributed by atoms with Gasteiger partial charge >= 0.3 is 5.97 Å². The van der Waals surface area contributed by atoms with Crippen LogP contribution in [0.4, 0.5) is 0 Å².